The number of carbonyl (C=O) groups excluding carboxylic acids is 1. The molecule has 1 aliphatic rings. The zero-order chi connectivity index (χ0) is 39.1. The molecule has 8 N–H and O–H groups in total. The lowest BCUT2D eigenvalue weighted by molar-refractivity contribution is -0.303. The third kappa shape index (κ3) is 23.7. The summed E-state index contributed by atoms with van der Waals surface area (Å²) in [7, 11) is 0. The van der Waals surface area contributed by atoms with Crippen molar-refractivity contribution in [1.82, 2.24) is 5.32 Å². The molecule has 0 aromatic rings. The maximum atomic E-state index is 13.0. The van der Waals surface area contributed by atoms with Crippen molar-refractivity contribution in [1.29, 1.82) is 0 Å². The number of carbonyl (C=O) groups is 1. The highest BCUT2D eigenvalue weighted by Crippen LogP contribution is 2.23. The van der Waals surface area contributed by atoms with Crippen LogP contribution in [0, 0.1) is 0 Å². The van der Waals surface area contributed by atoms with E-state index in [1.54, 1.807) is 0 Å². The third-order valence-electron chi connectivity index (χ3n) is 10.9. The number of amides is 1. The predicted molar refractivity (Wildman–Crippen MR) is 210 cm³/mol. The number of hydrogen-bond donors (Lipinski definition) is 8. The quantitative estimate of drug-likeness (QED) is 0.0335. The fourth-order valence-corrected chi connectivity index (χ4v) is 7.20. The Balaban J connectivity index is 2.48. The van der Waals surface area contributed by atoms with Crippen molar-refractivity contribution in [2.45, 2.75) is 249 Å². The fourth-order valence-electron chi connectivity index (χ4n) is 7.20. The second kappa shape index (κ2) is 33.3. The number of ether oxygens (including phenoxy) is 2. The number of nitrogens with one attached hydrogen (secondary N) is 1. The molecule has 53 heavy (non-hydrogen) atoms. The summed E-state index contributed by atoms with van der Waals surface area (Å²) < 4.78 is 11.1. The molecule has 9 atom stereocenters. The first-order chi connectivity index (χ1) is 25.7. The summed E-state index contributed by atoms with van der Waals surface area (Å²) in [6.07, 6.45) is 20.1. The highest BCUT2D eigenvalue weighted by Gasteiger charge is 2.44. The van der Waals surface area contributed by atoms with Crippen LogP contribution < -0.4 is 5.32 Å². The minimum Gasteiger partial charge on any atom is -0.394 e. The van der Waals surface area contributed by atoms with Gasteiger partial charge in [-0.2, -0.15) is 0 Å². The Kier molecular flexibility index (Phi) is 31.5. The van der Waals surface area contributed by atoms with Gasteiger partial charge in [0.1, 0.15) is 36.6 Å². The molecule has 11 nitrogen and oxygen atoms in total. The van der Waals surface area contributed by atoms with Gasteiger partial charge in [-0.25, -0.2) is 0 Å². The molecule has 0 bridgehead atoms. The molecule has 1 rings (SSSR count). The number of aliphatic hydroxyl groups is 7. The number of unbranched alkanes of at least 4 members (excludes halogenated alkanes) is 24. The molecule has 0 radical (unpaired) electrons. The maximum absolute atomic E-state index is 13.0. The molecule has 0 spiro atoms. The Morgan fingerprint density at radius 3 is 1.40 bits per heavy atom. The van der Waals surface area contributed by atoms with Gasteiger partial charge in [0.25, 0.3) is 0 Å². The lowest BCUT2D eigenvalue weighted by atomic mass is 9.98. The van der Waals surface area contributed by atoms with Crippen molar-refractivity contribution in [3.8, 4) is 0 Å². The summed E-state index contributed by atoms with van der Waals surface area (Å²) in [4.78, 5) is 13.0. The smallest absolute Gasteiger partial charge is 0.249 e. The van der Waals surface area contributed by atoms with E-state index in [1.807, 2.05) is 0 Å². The van der Waals surface area contributed by atoms with Gasteiger partial charge in [-0.1, -0.05) is 181 Å². The molecule has 1 fully saturated rings. The third-order valence-corrected chi connectivity index (χ3v) is 10.9. The summed E-state index contributed by atoms with van der Waals surface area (Å²) in [5.74, 6) is -0.696. The van der Waals surface area contributed by atoms with Crippen molar-refractivity contribution < 1.29 is 50.0 Å². The van der Waals surface area contributed by atoms with E-state index in [4.69, 9.17) is 9.47 Å². The van der Waals surface area contributed by atoms with E-state index in [2.05, 4.69) is 19.2 Å². The van der Waals surface area contributed by atoms with Crippen LogP contribution >= 0.6 is 0 Å². The molecule has 316 valence electrons. The van der Waals surface area contributed by atoms with Gasteiger partial charge in [0.2, 0.25) is 5.91 Å². The lowest BCUT2D eigenvalue weighted by Crippen LogP contribution is -2.60. The van der Waals surface area contributed by atoms with Crippen molar-refractivity contribution in [3.63, 3.8) is 0 Å². The Morgan fingerprint density at radius 2 is 0.981 bits per heavy atom. The van der Waals surface area contributed by atoms with Crippen LogP contribution in [0.1, 0.15) is 194 Å². The molecule has 0 aromatic carbocycles. The Labute approximate surface area is 322 Å². The molecule has 0 saturated carbocycles. The first-order valence-electron chi connectivity index (χ1n) is 21.9. The zero-order valence-corrected chi connectivity index (χ0v) is 33.8. The molecule has 9 unspecified atom stereocenters. The highest BCUT2D eigenvalue weighted by atomic mass is 16.7. The van der Waals surface area contributed by atoms with Crippen LogP contribution in [0.2, 0.25) is 0 Å². The number of aliphatic hydroxyl groups excluding tert-OH is 7. The summed E-state index contributed by atoms with van der Waals surface area (Å²) in [5, 5.41) is 75.4. The zero-order valence-electron chi connectivity index (χ0n) is 33.8. The topological polar surface area (TPSA) is 189 Å². The molecule has 1 heterocycles. The van der Waals surface area contributed by atoms with Crippen LogP contribution in [0.3, 0.4) is 0 Å². The van der Waals surface area contributed by atoms with E-state index in [9.17, 15) is 40.5 Å². The van der Waals surface area contributed by atoms with Gasteiger partial charge in [-0.05, 0) is 12.8 Å². The molecule has 1 aliphatic heterocycles. The Morgan fingerprint density at radius 1 is 0.585 bits per heavy atom. The monoisotopic (exact) mass is 762 g/mol. The van der Waals surface area contributed by atoms with E-state index in [1.165, 1.54) is 116 Å². The summed E-state index contributed by atoms with van der Waals surface area (Å²) >= 11 is 0. The van der Waals surface area contributed by atoms with Gasteiger partial charge in [-0.3, -0.25) is 4.79 Å². The van der Waals surface area contributed by atoms with Crippen LogP contribution in [0.4, 0.5) is 0 Å². The van der Waals surface area contributed by atoms with Gasteiger partial charge < -0.3 is 50.5 Å². The van der Waals surface area contributed by atoms with Crippen molar-refractivity contribution in [3.05, 3.63) is 0 Å². The van der Waals surface area contributed by atoms with E-state index in [-0.39, 0.29) is 6.42 Å². The first kappa shape index (κ1) is 50.1. The molecule has 1 saturated heterocycles. The average Bonchev–Trinajstić information content (AvgIpc) is 3.16. The summed E-state index contributed by atoms with van der Waals surface area (Å²) in [6.45, 7) is 3.42. The normalized spacial score (nSPS) is 22.8. The standard InChI is InChI=1S/C42H83NO10/c1-3-5-7-9-11-13-15-16-17-18-20-22-24-26-28-30-35(46)41(51)43-33(32-52-42-40(50)39(49)38(48)36(31-44)53-42)37(47)34(45)29-27-25-23-21-19-14-12-10-8-6-4-2/h33-40,42,44-50H,3-32H2,1-2H3,(H,43,51). The largest absolute Gasteiger partial charge is 0.394 e. The Hall–Kier alpha value is -0.890. The molecule has 0 aliphatic carbocycles. The van der Waals surface area contributed by atoms with E-state index >= 15 is 0 Å². The van der Waals surface area contributed by atoms with Crippen LogP contribution in [0.15, 0.2) is 0 Å². The molecule has 11 heteroatoms. The van der Waals surface area contributed by atoms with Gasteiger partial charge in [0.05, 0.1) is 25.4 Å². The minimum atomic E-state index is -1.65. The van der Waals surface area contributed by atoms with Crippen molar-refractivity contribution >= 4 is 5.91 Å². The van der Waals surface area contributed by atoms with E-state index < -0.39 is 74.2 Å². The van der Waals surface area contributed by atoms with Gasteiger partial charge >= 0.3 is 0 Å². The van der Waals surface area contributed by atoms with Crippen molar-refractivity contribution in [2.24, 2.45) is 0 Å². The second-order valence-electron chi connectivity index (χ2n) is 15.8. The number of hydrogen-bond acceptors (Lipinski definition) is 10. The van der Waals surface area contributed by atoms with Gasteiger partial charge in [0.15, 0.2) is 6.29 Å². The summed E-state index contributed by atoms with van der Waals surface area (Å²) in [5.41, 5.74) is 0. The molecular weight excluding hydrogens is 678 g/mol. The van der Waals surface area contributed by atoms with Crippen molar-refractivity contribution in [2.75, 3.05) is 13.2 Å². The average molecular weight is 762 g/mol. The van der Waals surface area contributed by atoms with Gasteiger partial charge in [0, 0.05) is 0 Å². The predicted octanol–water partition coefficient (Wildman–Crippen LogP) is 6.33. The van der Waals surface area contributed by atoms with Crippen LogP contribution in [-0.4, -0.2) is 110 Å². The van der Waals surface area contributed by atoms with Gasteiger partial charge in [-0.15, -0.1) is 0 Å². The minimum absolute atomic E-state index is 0.266. The number of rotatable bonds is 36. The SMILES string of the molecule is CCCCCCCCCCCCCCCCCC(O)C(=O)NC(COC1OC(CO)C(O)C(O)C1O)C(O)C(O)CCCCCCCCCCCCC. The molecular formula is C42H83NO10. The lowest BCUT2D eigenvalue weighted by Gasteiger charge is -2.40. The fraction of sp³-hybridized carbons (Fsp3) is 0.976. The Bertz CT molecular complexity index is 836. The van der Waals surface area contributed by atoms with Crippen LogP contribution in [0.25, 0.3) is 0 Å². The maximum Gasteiger partial charge on any atom is 0.249 e. The second-order valence-corrected chi connectivity index (χ2v) is 15.8. The van der Waals surface area contributed by atoms with E-state index in [0.29, 0.717) is 19.3 Å². The van der Waals surface area contributed by atoms with Crippen LogP contribution in [0.5, 0.6) is 0 Å². The molecule has 0 aromatic heterocycles. The summed E-state index contributed by atoms with van der Waals surface area (Å²) in [6, 6.07) is -1.16. The first-order valence-corrected chi connectivity index (χ1v) is 21.9. The van der Waals surface area contributed by atoms with E-state index in [0.717, 1.165) is 38.5 Å². The van der Waals surface area contributed by atoms with Crippen LogP contribution in [-0.2, 0) is 14.3 Å². The molecule has 1 amide bonds. The highest BCUT2D eigenvalue weighted by molar-refractivity contribution is 5.80.